The first-order valence-electron chi connectivity index (χ1n) is 8.32. The quantitative estimate of drug-likeness (QED) is 0.795. The minimum atomic E-state index is 0.393. The van der Waals surface area contributed by atoms with Crippen molar-refractivity contribution in [2.45, 2.75) is 25.3 Å². The largest absolute Gasteiger partial charge is 0.493 e. The number of hydrogen-bond donors (Lipinski definition) is 0. The number of nitrogens with zero attached hydrogens (tertiary/aromatic N) is 1. The highest BCUT2D eigenvalue weighted by Gasteiger charge is 2.28. The molecule has 0 aromatic heterocycles. The van der Waals surface area contributed by atoms with Crippen molar-refractivity contribution in [1.29, 1.82) is 0 Å². The number of likely N-dealkylation sites (N-methyl/N-ethyl adjacent to an activating group) is 1. The van der Waals surface area contributed by atoms with E-state index in [1.165, 1.54) is 16.7 Å². The van der Waals surface area contributed by atoms with E-state index in [0.717, 1.165) is 42.3 Å². The summed E-state index contributed by atoms with van der Waals surface area (Å²) in [5.41, 5.74) is 3.96. The number of rotatable bonds is 5. The molecule has 0 saturated carbocycles. The minimum absolute atomic E-state index is 0.393. The van der Waals surface area contributed by atoms with E-state index in [4.69, 9.17) is 21.1 Å². The molecule has 0 amide bonds. The second-order valence-corrected chi connectivity index (χ2v) is 6.72. The molecule has 1 heterocycles. The van der Waals surface area contributed by atoms with Crippen LogP contribution in [0, 0.1) is 0 Å². The molecule has 3 rings (SSSR count). The van der Waals surface area contributed by atoms with Crippen LogP contribution in [0.15, 0.2) is 36.4 Å². The molecule has 0 fully saturated rings. The molecule has 3 nitrogen and oxygen atoms in total. The second kappa shape index (κ2) is 7.45. The smallest absolute Gasteiger partial charge is 0.164 e. The molecule has 0 saturated heterocycles. The van der Waals surface area contributed by atoms with Gasteiger partial charge in [-0.1, -0.05) is 29.8 Å². The molecular weight excluding hydrogens is 322 g/mol. The van der Waals surface area contributed by atoms with E-state index in [1.807, 2.05) is 18.2 Å². The molecule has 1 aliphatic rings. The fourth-order valence-corrected chi connectivity index (χ4v) is 3.71. The molecule has 0 radical (unpaired) electrons. The molecular formula is C20H24ClNO2. The van der Waals surface area contributed by atoms with E-state index >= 15 is 0 Å². The van der Waals surface area contributed by atoms with Crippen LogP contribution in [-0.4, -0.2) is 32.7 Å². The Morgan fingerprint density at radius 1 is 1.08 bits per heavy atom. The lowest BCUT2D eigenvalue weighted by molar-refractivity contribution is 0.216. The third kappa shape index (κ3) is 3.38. The zero-order valence-corrected chi connectivity index (χ0v) is 15.3. The van der Waals surface area contributed by atoms with Gasteiger partial charge in [0.2, 0.25) is 0 Å². The van der Waals surface area contributed by atoms with Crippen LogP contribution in [0.5, 0.6) is 11.5 Å². The lowest BCUT2D eigenvalue weighted by Crippen LogP contribution is -2.32. The van der Waals surface area contributed by atoms with Crippen LogP contribution in [0.3, 0.4) is 0 Å². The van der Waals surface area contributed by atoms with Crippen LogP contribution in [0.2, 0.25) is 5.02 Å². The molecule has 0 bridgehead atoms. The van der Waals surface area contributed by atoms with Crippen molar-refractivity contribution in [3.63, 3.8) is 0 Å². The molecule has 0 N–H and O–H groups in total. The lowest BCUT2D eigenvalue weighted by Gasteiger charge is -2.35. The van der Waals surface area contributed by atoms with Gasteiger partial charge in [0.25, 0.3) is 0 Å². The topological polar surface area (TPSA) is 21.7 Å². The molecule has 2 aromatic carbocycles. The van der Waals surface area contributed by atoms with Gasteiger partial charge in [0.05, 0.1) is 14.2 Å². The van der Waals surface area contributed by atoms with Crippen LogP contribution in [0.1, 0.15) is 29.2 Å². The Labute approximate surface area is 149 Å². The average Bonchev–Trinajstić information content (AvgIpc) is 2.61. The summed E-state index contributed by atoms with van der Waals surface area (Å²) in [6.45, 7) is 1.03. The Balaban J connectivity index is 1.85. The predicted octanol–water partition coefficient (Wildman–Crippen LogP) is 4.52. The van der Waals surface area contributed by atoms with Gasteiger partial charge in [-0.15, -0.1) is 0 Å². The maximum absolute atomic E-state index is 5.98. The number of methoxy groups -OCH3 is 2. The predicted molar refractivity (Wildman–Crippen MR) is 98.4 cm³/mol. The Bertz CT molecular complexity index is 700. The zero-order chi connectivity index (χ0) is 17.1. The van der Waals surface area contributed by atoms with Gasteiger partial charge in [0, 0.05) is 23.2 Å². The van der Waals surface area contributed by atoms with Crippen molar-refractivity contribution in [3.05, 3.63) is 58.1 Å². The number of hydrogen-bond acceptors (Lipinski definition) is 3. The fraction of sp³-hybridized carbons (Fsp3) is 0.400. The molecule has 2 aromatic rings. The third-order valence-corrected chi connectivity index (χ3v) is 5.16. The van der Waals surface area contributed by atoms with Gasteiger partial charge in [-0.3, -0.25) is 4.90 Å². The molecule has 1 unspecified atom stereocenters. The highest BCUT2D eigenvalue weighted by molar-refractivity contribution is 6.30. The van der Waals surface area contributed by atoms with Gasteiger partial charge < -0.3 is 9.47 Å². The highest BCUT2D eigenvalue weighted by atomic mass is 35.5. The average molecular weight is 346 g/mol. The van der Waals surface area contributed by atoms with E-state index in [9.17, 15) is 0 Å². The van der Waals surface area contributed by atoms with E-state index in [2.05, 4.69) is 30.1 Å². The molecule has 1 aliphatic heterocycles. The van der Waals surface area contributed by atoms with Gasteiger partial charge in [0.15, 0.2) is 11.5 Å². The first-order valence-corrected chi connectivity index (χ1v) is 8.70. The molecule has 128 valence electrons. The number of halogens is 1. The third-order valence-electron chi connectivity index (χ3n) is 4.91. The summed E-state index contributed by atoms with van der Waals surface area (Å²) in [5.74, 6) is 1.71. The van der Waals surface area contributed by atoms with Crippen molar-refractivity contribution in [1.82, 2.24) is 4.90 Å². The molecule has 0 spiro atoms. The SMILES string of the molecule is COc1ccc2c(c1OC)CCN(C)C2CCc1ccc(Cl)cc1. The Hall–Kier alpha value is -1.71. The normalized spacial score (nSPS) is 17.4. The lowest BCUT2D eigenvalue weighted by atomic mass is 9.88. The highest BCUT2D eigenvalue weighted by Crippen LogP contribution is 2.41. The monoisotopic (exact) mass is 345 g/mol. The zero-order valence-electron chi connectivity index (χ0n) is 14.5. The number of ether oxygens (including phenoxy) is 2. The van der Waals surface area contributed by atoms with Crippen molar-refractivity contribution in [2.24, 2.45) is 0 Å². The standard InChI is InChI=1S/C20H24ClNO2/c1-22-13-12-17-16(9-11-19(23-2)20(17)24-3)18(22)10-6-14-4-7-15(21)8-5-14/h4-5,7-9,11,18H,6,10,12-13H2,1-3H3. The van der Waals surface area contributed by atoms with Crippen LogP contribution < -0.4 is 9.47 Å². The van der Waals surface area contributed by atoms with E-state index in [0.29, 0.717) is 6.04 Å². The van der Waals surface area contributed by atoms with Gasteiger partial charge in [-0.25, -0.2) is 0 Å². The maximum atomic E-state index is 5.98. The van der Waals surface area contributed by atoms with E-state index in [-0.39, 0.29) is 0 Å². The van der Waals surface area contributed by atoms with E-state index in [1.54, 1.807) is 14.2 Å². The summed E-state index contributed by atoms with van der Waals surface area (Å²) < 4.78 is 11.1. The summed E-state index contributed by atoms with van der Waals surface area (Å²) in [4.78, 5) is 2.43. The van der Waals surface area contributed by atoms with Crippen molar-refractivity contribution < 1.29 is 9.47 Å². The first-order chi connectivity index (χ1) is 11.6. The molecule has 24 heavy (non-hydrogen) atoms. The fourth-order valence-electron chi connectivity index (χ4n) is 3.59. The van der Waals surface area contributed by atoms with Gasteiger partial charge in [-0.2, -0.15) is 0 Å². The van der Waals surface area contributed by atoms with Gasteiger partial charge in [-0.05, 0) is 55.6 Å². The van der Waals surface area contributed by atoms with Gasteiger partial charge in [0.1, 0.15) is 0 Å². The van der Waals surface area contributed by atoms with Crippen LogP contribution >= 0.6 is 11.6 Å². The van der Waals surface area contributed by atoms with Crippen LogP contribution in [0.25, 0.3) is 0 Å². The first kappa shape index (κ1) is 17.1. The Morgan fingerprint density at radius 2 is 1.83 bits per heavy atom. The summed E-state index contributed by atoms with van der Waals surface area (Å²) in [6, 6.07) is 12.8. The summed E-state index contributed by atoms with van der Waals surface area (Å²) >= 11 is 5.98. The Kier molecular flexibility index (Phi) is 5.32. The second-order valence-electron chi connectivity index (χ2n) is 6.28. The molecule has 0 aliphatic carbocycles. The molecule has 4 heteroatoms. The minimum Gasteiger partial charge on any atom is -0.493 e. The summed E-state index contributed by atoms with van der Waals surface area (Å²) in [7, 11) is 5.61. The number of fused-ring (bicyclic) bond motifs is 1. The van der Waals surface area contributed by atoms with Crippen molar-refractivity contribution in [2.75, 3.05) is 27.8 Å². The summed E-state index contributed by atoms with van der Waals surface area (Å²) in [5, 5.41) is 0.788. The maximum Gasteiger partial charge on any atom is 0.164 e. The van der Waals surface area contributed by atoms with Crippen molar-refractivity contribution >= 4 is 11.6 Å². The number of aryl methyl sites for hydroxylation is 1. The Morgan fingerprint density at radius 3 is 2.50 bits per heavy atom. The number of benzene rings is 2. The van der Waals surface area contributed by atoms with Crippen LogP contribution in [0.4, 0.5) is 0 Å². The summed E-state index contributed by atoms with van der Waals surface area (Å²) in [6.07, 6.45) is 3.09. The van der Waals surface area contributed by atoms with Crippen LogP contribution in [-0.2, 0) is 12.8 Å². The van der Waals surface area contributed by atoms with Crippen molar-refractivity contribution in [3.8, 4) is 11.5 Å². The molecule has 1 atom stereocenters. The van der Waals surface area contributed by atoms with Gasteiger partial charge >= 0.3 is 0 Å². The van der Waals surface area contributed by atoms with E-state index < -0.39 is 0 Å².